The van der Waals surface area contributed by atoms with Gasteiger partial charge in [0, 0.05) is 23.7 Å². The van der Waals surface area contributed by atoms with E-state index in [1.807, 2.05) is 0 Å². The minimum Gasteiger partial charge on any atom is -0.457 e. The molecule has 1 aromatic carbocycles. The Kier molecular flexibility index (Phi) is 5.81. The fraction of sp³-hybridized carbons (Fsp3) is 0.143. The van der Waals surface area contributed by atoms with Crippen molar-refractivity contribution in [2.24, 2.45) is 0 Å². The number of benzene rings is 1. The quantitative estimate of drug-likeness (QED) is 0.481. The smallest absolute Gasteiger partial charge is 0.335 e. The summed E-state index contributed by atoms with van der Waals surface area (Å²) in [6.45, 7) is -0.193. The number of carbonyl (C=O) groups is 1. The van der Waals surface area contributed by atoms with Crippen molar-refractivity contribution in [3.8, 4) is 0 Å². The average Bonchev–Trinajstić information content (AvgIpc) is 2.78. The first-order valence-corrected chi connectivity index (χ1v) is 10.1. The Bertz CT molecular complexity index is 1300. The van der Waals surface area contributed by atoms with Crippen LogP contribution in [0.25, 0.3) is 6.08 Å². The number of thioether (sulfide) groups is 1. The molecule has 1 N–H and O–H groups in total. The zero-order valence-corrected chi connectivity index (χ0v) is 16.7. The van der Waals surface area contributed by atoms with Crippen molar-refractivity contribution in [1.82, 2.24) is 14.5 Å². The van der Waals surface area contributed by atoms with Gasteiger partial charge in [0.2, 0.25) is 0 Å². The normalized spacial score (nSPS) is 12.8. The van der Waals surface area contributed by atoms with Crippen LogP contribution in [0.1, 0.15) is 16.7 Å². The van der Waals surface area contributed by atoms with Crippen molar-refractivity contribution in [3.63, 3.8) is 0 Å². The van der Waals surface area contributed by atoms with E-state index in [2.05, 4.69) is 9.97 Å². The summed E-state index contributed by atoms with van der Waals surface area (Å²) in [6.07, 6.45) is 4.56. The number of H-pyrrole nitrogens is 1. The van der Waals surface area contributed by atoms with Gasteiger partial charge in [-0.3, -0.25) is 14.3 Å². The van der Waals surface area contributed by atoms with Crippen LogP contribution in [0, 0.1) is 11.6 Å². The highest BCUT2D eigenvalue weighted by molar-refractivity contribution is 7.99. The SMILES string of the molecule is O=C(OCc1ccncc1)C1=Cc2c([nH]c(=O)n(Cc3ccc(F)c(F)c3)c2=O)SC1. The number of hydrogen-bond donors (Lipinski definition) is 1. The Labute approximate surface area is 178 Å². The van der Waals surface area contributed by atoms with E-state index in [0.717, 1.165) is 34.0 Å². The molecular weight excluding hydrogens is 428 g/mol. The topological polar surface area (TPSA) is 94.0 Å². The fourth-order valence-corrected chi connectivity index (χ4v) is 3.94. The van der Waals surface area contributed by atoms with Gasteiger partial charge in [-0.05, 0) is 41.5 Å². The molecule has 158 valence electrons. The Balaban J connectivity index is 1.60. The molecule has 4 rings (SSSR count). The van der Waals surface area contributed by atoms with Crippen LogP contribution in [0.4, 0.5) is 8.78 Å². The molecule has 31 heavy (non-hydrogen) atoms. The molecule has 0 atom stereocenters. The van der Waals surface area contributed by atoms with E-state index < -0.39 is 28.9 Å². The Morgan fingerprint density at radius 2 is 1.90 bits per heavy atom. The molecule has 7 nitrogen and oxygen atoms in total. The molecule has 0 saturated carbocycles. The number of carbonyl (C=O) groups excluding carboxylic acids is 1. The number of pyridine rings is 1. The number of fused-ring (bicyclic) bond motifs is 1. The summed E-state index contributed by atoms with van der Waals surface area (Å²) in [6, 6.07) is 6.57. The molecule has 10 heteroatoms. The van der Waals surface area contributed by atoms with E-state index in [1.165, 1.54) is 12.1 Å². The highest BCUT2D eigenvalue weighted by atomic mass is 32.2. The molecule has 1 aliphatic rings. The lowest BCUT2D eigenvalue weighted by Gasteiger charge is -2.16. The van der Waals surface area contributed by atoms with Crippen LogP contribution in [-0.2, 0) is 22.7 Å². The Hall–Kier alpha value is -3.53. The van der Waals surface area contributed by atoms with Crippen LogP contribution in [0.5, 0.6) is 0 Å². The molecule has 3 aromatic rings. The minimum absolute atomic E-state index is 0.0577. The average molecular weight is 443 g/mol. The molecule has 0 amide bonds. The second-order valence-electron chi connectivity index (χ2n) is 6.70. The number of esters is 1. The number of ether oxygens (including phenoxy) is 1. The summed E-state index contributed by atoms with van der Waals surface area (Å²) >= 11 is 1.14. The van der Waals surface area contributed by atoms with Crippen LogP contribution < -0.4 is 11.2 Å². The van der Waals surface area contributed by atoms with Crippen molar-refractivity contribution in [1.29, 1.82) is 0 Å². The van der Waals surface area contributed by atoms with E-state index in [1.54, 1.807) is 24.5 Å². The molecule has 0 saturated heterocycles. The van der Waals surface area contributed by atoms with Crippen molar-refractivity contribution in [2.45, 2.75) is 18.2 Å². The van der Waals surface area contributed by atoms with Gasteiger partial charge in [-0.25, -0.2) is 18.4 Å². The van der Waals surface area contributed by atoms with Gasteiger partial charge in [-0.15, -0.1) is 11.8 Å². The van der Waals surface area contributed by atoms with Crippen molar-refractivity contribution < 1.29 is 18.3 Å². The lowest BCUT2D eigenvalue weighted by Crippen LogP contribution is -2.38. The maximum atomic E-state index is 13.5. The van der Waals surface area contributed by atoms with E-state index in [0.29, 0.717) is 5.03 Å². The summed E-state index contributed by atoms with van der Waals surface area (Å²) < 4.78 is 32.8. The van der Waals surface area contributed by atoms with E-state index in [4.69, 9.17) is 4.74 Å². The molecule has 3 heterocycles. The van der Waals surface area contributed by atoms with Crippen molar-refractivity contribution >= 4 is 23.8 Å². The van der Waals surface area contributed by atoms with E-state index in [9.17, 15) is 23.2 Å². The molecule has 1 aliphatic heterocycles. The van der Waals surface area contributed by atoms with Gasteiger partial charge < -0.3 is 9.72 Å². The van der Waals surface area contributed by atoms with Gasteiger partial charge in [-0.2, -0.15) is 0 Å². The zero-order valence-electron chi connectivity index (χ0n) is 15.9. The number of aromatic amines is 1. The van der Waals surface area contributed by atoms with Crippen LogP contribution in [0.15, 0.2) is 62.9 Å². The Morgan fingerprint density at radius 1 is 1.13 bits per heavy atom. The zero-order chi connectivity index (χ0) is 22.0. The third kappa shape index (κ3) is 4.48. The van der Waals surface area contributed by atoms with Crippen LogP contribution in [0.3, 0.4) is 0 Å². The summed E-state index contributed by atoms with van der Waals surface area (Å²) in [5, 5.41) is 0.335. The number of halogens is 2. The second-order valence-corrected chi connectivity index (χ2v) is 7.69. The van der Waals surface area contributed by atoms with Gasteiger partial charge >= 0.3 is 11.7 Å². The molecule has 0 spiro atoms. The van der Waals surface area contributed by atoms with Crippen LogP contribution in [-0.4, -0.2) is 26.3 Å². The second kappa shape index (κ2) is 8.68. The monoisotopic (exact) mass is 443 g/mol. The van der Waals surface area contributed by atoms with Crippen molar-refractivity contribution in [2.75, 3.05) is 5.75 Å². The first-order chi connectivity index (χ1) is 14.9. The van der Waals surface area contributed by atoms with E-state index >= 15 is 0 Å². The molecule has 0 aliphatic carbocycles. The van der Waals surface area contributed by atoms with Crippen LogP contribution in [0.2, 0.25) is 0 Å². The molecule has 2 aromatic heterocycles. The molecule has 0 fully saturated rings. The first-order valence-electron chi connectivity index (χ1n) is 9.13. The highest BCUT2D eigenvalue weighted by Gasteiger charge is 2.23. The predicted octanol–water partition coefficient (Wildman–Crippen LogP) is 2.49. The molecule has 0 unspecified atom stereocenters. The number of nitrogens with zero attached hydrogens (tertiary/aromatic N) is 2. The van der Waals surface area contributed by atoms with Gasteiger partial charge in [0.1, 0.15) is 6.61 Å². The summed E-state index contributed by atoms with van der Waals surface area (Å²) in [4.78, 5) is 44.2. The van der Waals surface area contributed by atoms with Gasteiger partial charge in [-0.1, -0.05) is 6.07 Å². The number of hydrogen-bond acceptors (Lipinski definition) is 6. The minimum atomic E-state index is -1.07. The van der Waals surface area contributed by atoms with Gasteiger partial charge in [0.25, 0.3) is 5.56 Å². The molecule has 0 bridgehead atoms. The summed E-state index contributed by atoms with van der Waals surface area (Å²) in [7, 11) is 0. The summed E-state index contributed by atoms with van der Waals surface area (Å²) in [5.41, 5.74) is 0.0968. The Morgan fingerprint density at radius 3 is 2.65 bits per heavy atom. The van der Waals surface area contributed by atoms with E-state index in [-0.39, 0.29) is 35.6 Å². The lowest BCUT2D eigenvalue weighted by molar-refractivity contribution is -0.140. The number of rotatable bonds is 5. The van der Waals surface area contributed by atoms with Gasteiger partial charge in [0.15, 0.2) is 11.6 Å². The third-order valence-corrected chi connectivity index (χ3v) is 5.65. The number of nitrogens with one attached hydrogen (secondary N) is 1. The van der Waals surface area contributed by atoms with Crippen LogP contribution >= 0.6 is 11.8 Å². The van der Waals surface area contributed by atoms with Gasteiger partial charge in [0.05, 0.1) is 17.1 Å². The largest absolute Gasteiger partial charge is 0.457 e. The molecule has 0 radical (unpaired) electrons. The fourth-order valence-electron chi connectivity index (χ4n) is 2.98. The summed E-state index contributed by atoms with van der Waals surface area (Å²) in [5.74, 6) is -2.45. The number of aromatic nitrogens is 3. The molecular formula is C21H15F2N3O4S. The predicted molar refractivity (Wildman–Crippen MR) is 110 cm³/mol. The van der Waals surface area contributed by atoms with Crippen molar-refractivity contribution in [3.05, 3.63) is 97.5 Å². The lowest BCUT2D eigenvalue weighted by atomic mass is 10.2. The maximum absolute atomic E-state index is 13.5. The maximum Gasteiger partial charge on any atom is 0.335 e. The third-order valence-electron chi connectivity index (χ3n) is 4.58. The standard InChI is InChI=1S/C21H15F2N3O4S/c22-16-2-1-13(7-17(16)23)9-26-19(27)15-8-14(11-31-18(15)25-21(26)29)20(28)30-10-12-3-5-24-6-4-12/h1-8H,9-11H2,(H,25,29). The highest BCUT2D eigenvalue weighted by Crippen LogP contribution is 2.28. The first kappa shape index (κ1) is 20.7.